The molecule has 2 aromatic carbocycles. The fourth-order valence-electron chi connectivity index (χ4n) is 2.16. The third-order valence-electron chi connectivity index (χ3n) is 3.23. The fraction of sp³-hybridized carbons (Fsp3) is 0.250. The van der Waals surface area contributed by atoms with Crippen LogP contribution in [0.4, 0.5) is 13.2 Å². The van der Waals surface area contributed by atoms with E-state index in [0.717, 1.165) is 11.6 Å². The van der Waals surface area contributed by atoms with Crippen molar-refractivity contribution in [1.29, 1.82) is 0 Å². The van der Waals surface area contributed by atoms with E-state index in [-0.39, 0.29) is 5.56 Å². The van der Waals surface area contributed by atoms with Crippen LogP contribution in [0.5, 0.6) is 0 Å². The number of nitrogens with one attached hydrogen (secondary N) is 1. The molecule has 0 aromatic heterocycles. The number of halogens is 4. The monoisotopic (exact) mass is 313 g/mol. The summed E-state index contributed by atoms with van der Waals surface area (Å²) in [5, 5.41) is 3.71. The Labute approximate surface area is 126 Å². The summed E-state index contributed by atoms with van der Waals surface area (Å²) in [6.07, 6.45) is -4.34. The maximum absolute atomic E-state index is 13.0. The zero-order valence-electron chi connectivity index (χ0n) is 11.4. The largest absolute Gasteiger partial charge is 0.416 e. The number of alkyl halides is 3. The molecule has 0 aliphatic carbocycles. The molecule has 0 aliphatic rings. The van der Waals surface area contributed by atoms with Crippen molar-refractivity contribution in [2.24, 2.45) is 0 Å². The molecule has 0 saturated heterocycles. The lowest BCUT2D eigenvalue weighted by atomic mass is 10.0. The first kappa shape index (κ1) is 15.9. The van der Waals surface area contributed by atoms with E-state index in [0.29, 0.717) is 11.6 Å². The predicted molar refractivity (Wildman–Crippen MR) is 78.2 cm³/mol. The minimum atomic E-state index is -4.34. The molecule has 0 spiro atoms. The highest BCUT2D eigenvalue weighted by molar-refractivity contribution is 6.30. The first-order valence-corrected chi connectivity index (χ1v) is 6.89. The van der Waals surface area contributed by atoms with Crippen LogP contribution in [0.3, 0.4) is 0 Å². The van der Waals surface area contributed by atoms with Crippen LogP contribution < -0.4 is 5.32 Å². The highest BCUT2D eigenvalue weighted by atomic mass is 35.5. The van der Waals surface area contributed by atoms with Gasteiger partial charge in [0.2, 0.25) is 0 Å². The van der Waals surface area contributed by atoms with Gasteiger partial charge in [0.1, 0.15) is 0 Å². The molecule has 1 nitrogen and oxygen atoms in total. The summed E-state index contributed by atoms with van der Waals surface area (Å²) in [7, 11) is 0. The van der Waals surface area contributed by atoms with E-state index in [2.05, 4.69) is 5.32 Å². The van der Waals surface area contributed by atoms with Crippen molar-refractivity contribution in [3.8, 4) is 0 Å². The van der Waals surface area contributed by atoms with E-state index in [9.17, 15) is 13.2 Å². The van der Waals surface area contributed by atoms with Gasteiger partial charge in [-0.2, -0.15) is 13.2 Å². The molecule has 0 bridgehead atoms. The lowest BCUT2D eigenvalue weighted by molar-refractivity contribution is -0.138. The van der Waals surface area contributed by atoms with Gasteiger partial charge < -0.3 is 5.32 Å². The molecule has 5 heteroatoms. The third kappa shape index (κ3) is 4.22. The van der Waals surface area contributed by atoms with Gasteiger partial charge in [0.05, 0.1) is 5.56 Å². The van der Waals surface area contributed by atoms with Crippen molar-refractivity contribution in [1.82, 2.24) is 5.32 Å². The molecule has 0 radical (unpaired) electrons. The number of hydrogen-bond donors (Lipinski definition) is 1. The zero-order valence-corrected chi connectivity index (χ0v) is 12.2. The summed E-state index contributed by atoms with van der Waals surface area (Å²) >= 11 is 5.89. The Balaban J connectivity index is 2.12. The smallest absolute Gasteiger partial charge is 0.306 e. The van der Waals surface area contributed by atoms with Gasteiger partial charge in [0.15, 0.2) is 0 Å². The zero-order chi connectivity index (χ0) is 15.5. The van der Waals surface area contributed by atoms with E-state index in [1.165, 1.54) is 12.1 Å². The van der Waals surface area contributed by atoms with Crippen LogP contribution in [0.25, 0.3) is 0 Å². The molecule has 0 saturated carbocycles. The Kier molecular flexibility index (Phi) is 4.91. The van der Waals surface area contributed by atoms with E-state index >= 15 is 0 Å². The predicted octanol–water partition coefficient (Wildman–Crippen LogP) is 5.21. The molecule has 1 atom stereocenters. The molecule has 1 unspecified atom stereocenters. The molecule has 112 valence electrons. The molecular formula is C16H15ClF3N. The molecule has 0 fully saturated rings. The lowest BCUT2D eigenvalue weighted by Gasteiger charge is -2.19. The van der Waals surface area contributed by atoms with Crippen molar-refractivity contribution < 1.29 is 13.2 Å². The first-order valence-electron chi connectivity index (χ1n) is 6.52. The topological polar surface area (TPSA) is 12.0 Å². The van der Waals surface area contributed by atoms with Crippen LogP contribution in [-0.2, 0) is 12.7 Å². The van der Waals surface area contributed by atoms with Gasteiger partial charge in [0, 0.05) is 17.6 Å². The summed E-state index contributed by atoms with van der Waals surface area (Å²) in [6, 6.07) is 12.4. The van der Waals surface area contributed by atoms with E-state index < -0.39 is 17.8 Å². The highest BCUT2D eigenvalue weighted by Gasteiger charge is 2.33. The highest BCUT2D eigenvalue weighted by Crippen LogP contribution is 2.34. The first-order chi connectivity index (χ1) is 9.88. The number of benzene rings is 2. The van der Waals surface area contributed by atoms with Gasteiger partial charge in [-0.1, -0.05) is 41.9 Å². The van der Waals surface area contributed by atoms with Gasteiger partial charge in [-0.15, -0.1) is 0 Å². The molecule has 0 aliphatic heterocycles. The van der Waals surface area contributed by atoms with Crippen LogP contribution in [0.2, 0.25) is 5.02 Å². The van der Waals surface area contributed by atoms with Gasteiger partial charge in [-0.3, -0.25) is 0 Å². The normalized spacial score (nSPS) is 13.2. The van der Waals surface area contributed by atoms with E-state index in [1.54, 1.807) is 25.1 Å². The minimum Gasteiger partial charge on any atom is -0.306 e. The van der Waals surface area contributed by atoms with E-state index in [1.807, 2.05) is 12.1 Å². The Morgan fingerprint density at radius 2 is 1.81 bits per heavy atom. The van der Waals surface area contributed by atoms with E-state index in [4.69, 9.17) is 11.6 Å². The maximum Gasteiger partial charge on any atom is 0.416 e. The quantitative estimate of drug-likeness (QED) is 0.817. The SMILES string of the molecule is CC(NCc1cccc(Cl)c1)c1ccccc1C(F)(F)F. The average molecular weight is 314 g/mol. The molecule has 2 rings (SSSR count). The molecule has 0 heterocycles. The second-order valence-electron chi connectivity index (χ2n) is 4.82. The van der Waals surface area contributed by atoms with Crippen molar-refractivity contribution in [3.05, 3.63) is 70.2 Å². The van der Waals surface area contributed by atoms with Crippen LogP contribution in [0.1, 0.15) is 29.7 Å². The van der Waals surface area contributed by atoms with Gasteiger partial charge >= 0.3 is 6.18 Å². The summed E-state index contributed by atoms with van der Waals surface area (Å²) in [6.45, 7) is 2.17. The fourth-order valence-corrected chi connectivity index (χ4v) is 2.37. The number of hydrogen-bond acceptors (Lipinski definition) is 1. The number of rotatable bonds is 4. The van der Waals surface area contributed by atoms with Crippen LogP contribution in [-0.4, -0.2) is 0 Å². The Morgan fingerprint density at radius 3 is 2.48 bits per heavy atom. The average Bonchev–Trinajstić information content (AvgIpc) is 2.44. The third-order valence-corrected chi connectivity index (χ3v) is 3.47. The van der Waals surface area contributed by atoms with Crippen molar-refractivity contribution in [3.63, 3.8) is 0 Å². The molecule has 0 amide bonds. The maximum atomic E-state index is 13.0. The van der Waals surface area contributed by atoms with Crippen LogP contribution in [0.15, 0.2) is 48.5 Å². The molecule has 1 N–H and O–H groups in total. The molecule has 21 heavy (non-hydrogen) atoms. The Hall–Kier alpha value is -1.52. The summed E-state index contributed by atoms with van der Waals surface area (Å²) in [5.41, 5.74) is 0.571. The lowest BCUT2D eigenvalue weighted by Crippen LogP contribution is -2.21. The summed E-state index contributed by atoms with van der Waals surface area (Å²) in [4.78, 5) is 0. The Bertz CT molecular complexity index is 610. The second-order valence-corrected chi connectivity index (χ2v) is 5.25. The second kappa shape index (κ2) is 6.50. The van der Waals surface area contributed by atoms with Crippen LogP contribution >= 0.6 is 11.6 Å². The molecule has 2 aromatic rings. The van der Waals surface area contributed by atoms with Gasteiger partial charge in [0.25, 0.3) is 0 Å². The minimum absolute atomic E-state index is 0.243. The summed E-state index contributed by atoms with van der Waals surface area (Å²) < 4.78 is 38.9. The van der Waals surface area contributed by atoms with Gasteiger partial charge in [-0.05, 0) is 36.2 Å². The molecular weight excluding hydrogens is 299 g/mol. The van der Waals surface area contributed by atoms with Gasteiger partial charge in [-0.25, -0.2) is 0 Å². The van der Waals surface area contributed by atoms with Crippen molar-refractivity contribution >= 4 is 11.6 Å². The van der Waals surface area contributed by atoms with Crippen molar-refractivity contribution in [2.75, 3.05) is 0 Å². The Morgan fingerprint density at radius 1 is 1.10 bits per heavy atom. The van der Waals surface area contributed by atoms with Crippen molar-refractivity contribution in [2.45, 2.75) is 25.7 Å². The van der Waals surface area contributed by atoms with Crippen LogP contribution in [0, 0.1) is 0 Å². The standard InChI is InChI=1S/C16H15ClF3N/c1-11(21-10-12-5-4-6-13(17)9-12)14-7-2-3-8-15(14)16(18,19)20/h2-9,11,21H,10H2,1H3. The summed E-state index contributed by atoms with van der Waals surface area (Å²) in [5.74, 6) is 0.